The van der Waals surface area contributed by atoms with Crippen molar-refractivity contribution in [2.75, 3.05) is 47.6 Å². The van der Waals surface area contributed by atoms with E-state index in [0.29, 0.717) is 11.3 Å². The summed E-state index contributed by atoms with van der Waals surface area (Å²) in [7, 11) is 1.88. The van der Waals surface area contributed by atoms with Gasteiger partial charge in [-0.05, 0) is 48.5 Å². The van der Waals surface area contributed by atoms with E-state index in [2.05, 4.69) is 20.5 Å². The van der Waals surface area contributed by atoms with E-state index < -0.39 is 0 Å². The fourth-order valence-corrected chi connectivity index (χ4v) is 4.04. The largest absolute Gasteiger partial charge is 0.378 e. The number of thioether (sulfide) groups is 1. The highest BCUT2D eigenvalue weighted by Gasteiger charge is 2.12. The van der Waals surface area contributed by atoms with E-state index in [1.807, 2.05) is 42.1 Å². The molecule has 0 spiro atoms. The third-order valence-electron chi connectivity index (χ3n) is 5.04. The van der Waals surface area contributed by atoms with Gasteiger partial charge in [0.05, 0.1) is 19.0 Å². The second-order valence-electron chi connectivity index (χ2n) is 7.34. The van der Waals surface area contributed by atoms with Crippen molar-refractivity contribution in [3.8, 4) is 0 Å². The van der Waals surface area contributed by atoms with Crippen molar-refractivity contribution < 1.29 is 14.3 Å². The number of imidazole rings is 1. The molecular weight excluding hydrogens is 426 g/mol. The SMILES string of the molecule is Cn1ccnc1SCC(=O)Nc1ccc(C(=O)Nc2ccc(N3CCOCC3)cc2)cc1. The van der Waals surface area contributed by atoms with Crippen LogP contribution in [-0.2, 0) is 16.6 Å². The molecule has 1 aromatic heterocycles. The van der Waals surface area contributed by atoms with Crippen molar-refractivity contribution in [2.45, 2.75) is 5.16 Å². The molecule has 1 saturated heterocycles. The number of carbonyl (C=O) groups is 2. The zero-order valence-corrected chi connectivity index (χ0v) is 18.6. The van der Waals surface area contributed by atoms with Gasteiger partial charge in [-0.3, -0.25) is 9.59 Å². The Kier molecular flexibility index (Phi) is 7.08. The Balaban J connectivity index is 1.28. The maximum Gasteiger partial charge on any atom is 0.255 e. The molecule has 3 aromatic rings. The Bertz CT molecular complexity index is 1060. The number of aryl methyl sites for hydroxylation is 1. The number of nitrogens with one attached hydrogen (secondary N) is 2. The Hall–Kier alpha value is -3.30. The normalized spacial score (nSPS) is 13.6. The zero-order chi connectivity index (χ0) is 22.3. The minimum absolute atomic E-state index is 0.129. The lowest BCUT2D eigenvalue weighted by molar-refractivity contribution is -0.113. The predicted octanol–water partition coefficient (Wildman–Crippen LogP) is 3.24. The first-order valence-electron chi connectivity index (χ1n) is 10.3. The van der Waals surface area contributed by atoms with Crippen LogP contribution in [0.25, 0.3) is 0 Å². The van der Waals surface area contributed by atoms with Crippen LogP contribution in [0.3, 0.4) is 0 Å². The highest BCUT2D eigenvalue weighted by atomic mass is 32.2. The number of hydrogen-bond donors (Lipinski definition) is 2. The van der Waals surface area contributed by atoms with Gasteiger partial charge in [0.2, 0.25) is 5.91 Å². The van der Waals surface area contributed by atoms with Gasteiger partial charge >= 0.3 is 0 Å². The molecule has 1 fully saturated rings. The summed E-state index contributed by atoms with van der Waals surface area (Å²) >= 11 is 1.37. The third-order valence-corrected chi connectivity index (χ3v) is 6.10. The second-order valence-corrected chi connectivity index (χ2v) is 8.28. The molecular formula is C23H25N5O3S. The maximum absolute atomic E-state index is 12.6. The first-order valence-corrected chi connectivity index (χ1v) is 11.3. The van der Waals surface area contributed by atoms with Crippen molar-refractivity contribution in [1.82, 2.24) is 9.55 Å². The average Bonchev–Trinajstić information content (AvgIpc) is 3.24. The number of ether oxygens (including phenoxy) is 1. The zero-order valence-electron chi connectivity index (χ0n) is 17.8. The van der Waals surface area contributed by atoms with Crippen LogP contribution in [0.4, 0.5) is 17.1 Å². The molecule has 1 aliphatic rings. The molecule has 2 amide bonds. The van der Waals surface area contributed by atoms with Gasteiger partial charge in [-0.1, -0.05) is 11.8 Å². The topological polar surface area (TPSA) is 88.5 Å². The van der Waals surface area contributed by atoms with E-state index in [0.717, 1.165) is 42.8 Å². The Morgan fingerprint density at radius 2 is 1.66 bits per heavy atom. The van der Waals surface area contributed by atoms with Gasteiger partial charge < -0.3 is 24.8 Å². The smallest absolute Gasteiger partial charge is 0.255 e. The maximum atomic E-state index is 12.6. The minimum Gasteiger partial charge on any atom is -0.378 e. The number of amides is 2. The number of carbonyl (C=O) groups excluding carboxylic acids is 2. The van der Waals surface area contributed by atoms with Crippen LogP contribution in [0.5, 0.6) is 0 Å². The van der Waals surface area contributed by atoms with Crippen LogP contribution in [0.1, 0.15) is 10.4 Å². The van der Waals surface area contributed by atoms with Crippen LogP contribution in [0.2, 0.25) is 0 Å². The number of hydrogen-bond acceptors (Lipinski definition) is 6. The fraction of sp³-hybridized carbons (Fsp3) is 0.261. The molecule has 9 heteroatoms. The molecule has 2 heterocycles. The summed E-state index contributed by atoms with van der Waals surface area (Å²) in [6, 6.07) is 14.6. The highest BCUT2D eigenvalue weighted by Crippen LogP contribution is 2.20. The molecule has 0 bridgehead atoms. The molecule has 0 atom stereocenters. The molecule has 0 radical (unpaired) electrons. The molecule has 32 heavy (non-hydrogen) atoms. The minimum atomic E-state index is -0.202. The lowest BCUT2D eigenvalue weighted by atomic mass is 10.2. The molecule has 1 aliphatic heterocycles. The van der Waals surface area contributed by atoms with Gasteiger partial charge in [-0.25, -0.2) is 4.98 Å². The molecule has 0 saturated carbocycles. The van der Waals surface area contributed by atoms with Gasteiger partial charge in [0, 0.05) is 55.2 Å². The monoisotopic (exact) mass is 451 g/mol. The van der Waals surface area contributed by atoms with Crippen molar-refractivity contribution in [1.29, 1.82) is 0 Å². The van der Waals surface area contributed by atoms with Crippen LogP contribution in [0.15, 0.2) is 66.1 Å². The highest BCUT2D eigenvalue weighted by molar-refractivity contribution is 7.99. The quantitative estimate of drug-likeness (QED) is 0.536. The molecule has 4 rings (SSSR count). The summed E-state index contributed by atoms with van der Waals surface area (Å²) in [4.78, 5) is 31.2. The van der Waals surface area contributed by atoms with Gasteiger partial charge in [-0.15, -0.1) is 0 Å². The van der Waals surface area contributed by atoms with Crippen LogP contribution >= 0.6 is 11.8 Å². The van der Waals surface area contributed by atoms with Crippen molar-refractivity contribution >= 4 is 40.6 Å². The summed E-state index contributed by atoms with van der Waals surface area (Å²) in [5.74, 6) is -0.0732. The van der Waals surface area contributed by atoms with Crippen LogP contribution < -0.4 is 15.5 Å². The van der Waals surface area contributed by atoms with Crippen molar-refractivity contribution in [3.63, 3.8) is 0 Å². The summed E-state index contributed by atoms with van der Waals surface area (Å²) in [5.41, 5.74) is 3.01. The number of benzene rings is 2. The first kappa shape index (κ1) is 21.9. The molecule has 0 unspecified atom stereocenters. The lowest BCUT2D eigenvalue weighted by Gasteiger charge is -2.28. The van der Waals surface area contributed by atoms with E-state index in [-0.39, 0.29) is 17.6 Å². The van der Waals surface area contributed by atoms with E-state index >= 15 is 0 Å². The summed E-state index contributed by atoms with van der Waals surface area (Å²) in [5, 5.41) is 6.53. The number of nitrogens with zero attached hydrogens (tertiary/aromatic N) is 3. The van der Waals surface area contributed by atoms with Gasteiger partial charge in [0.15, 0.2) is 5.16 Å². The average molecular weight is 452 g/mol. The summed E-state index contributed by atoms with van der Waals surface area (Å²) < 4.78 is 7.24. The standard InChI is InChI=1S/C23H25N5O3S/c1-27-11-10-24-23(27)32-16-21(29)25-18-4-2-17(3-5-18)22(30)26-19-6-8-20(9-7-19)28-12-14-31-15-13-28/h2-11H,12-16H2,1H3,(H,25,29)(H,26,30). The van der Waals surface area contributed by atoms with Crippen LogP contribution in [-0.4, -0.2) is 53.4 Å². The van der Waals surface area contributed by atoms with E-state index in [1.54, 1.807) is 30.5 Å². The molecule has 166 valence electrons. The lowest BCUT2D eigenvalue weighted by Crippen LogP contribution is -2.36. The summed E-state index contributed by atoms with van der Waals surface area (Å²) in [6.07, 6.45) is 3.53. The Morgan fingerprint density at radius 3 is 2.31 bits per heavy atom. The molecule has 8 nitrogen and oxygen atoms in total. The second kappa shape index (κ2) is 10.3. The number of anilines is 3. The number of aromatic nitrogens is 2. The van der Waals surface area contributed by atoms with E-state index in [4.69, 9.17) is 4.74 Å². The van der Waals surface area contributed by atoms with Crippen LogP contribution in [0, 0.1) is 0 Å². The molecule has 2 aromatic carbocycles. The van der Waals surface area contributed by atoms with Gasteiger partial charge in [0.25, 0.3) is 5.91 Å². The molecule has 2 N–H and O–H groups in total. The van der Waals surface area contributed by atoms with Gasteiger partial charge in [-0.2, -0.15) is 0 Å². The summed E-state index contributed by atoms with van der Waals surface area (Å²) in [6.45, 7) is 3.21. The van der Waals surface area contributed by atoms with Crippen molar-refractivity contribution in [3.05, 3.63) is 66.5 Å². The Labute approximate surface area is 191 Å². The predicted molar refractivity (Wildman–Crippen MR) is 126 cm³/mol. The molecule has 0 aliphatic carbocycles. The number of morpholine rings is 1. The number of rotatable bonds is 7. The van der Waals surface area contributed by atoms with E-state index in [1.165, 1.54) is 11.8 Å². The van der Waals surface area contributed by atoms with Gasteiger partial charge in [0.1, 0.15) is 0 Å². The van der Waals surface area contributed by atoms with Crippen molar-refractivity contribution in [2.24, 2.45) is 7.05 Å². The van der Waals surface area contributed by atoms with E-state index in [9.17, 15) is 9.59 Å². The fourth-order valence-electron chi connectivity index (χ4n) is 3.30. The first-order chi connectivity index (χ1) is 15.6. The Morgan fingerprint density at radius 1 is 1.00 bits per heavy atom. The third kappa shape index (κ3) is 5.68.